The van der Waals surface area contributed by atoms with Crippen molar-refractivity contribution < 1.29 is 17.9 Å². The number of nitrogens with zero attached hydrogens (tertiary/aromatic N) is 3. The van der Waals surface area contributed by atoms with Crippen LogP contribution in [0.3, 0.4) is 0 Å². The van der Waals surface area contributed by atoms with Gasteiger partial charge in [-0.05, 0) is 30.3 Å². The maximum absolute atomic E-state index is 12.9. The molecule has 28 heavy (non-hydrogen) atoms. The predicted octanol–water partition coefficient (Wildman–Crippen LogP) is 3.78. The Labute approximate surface area is 160 Å². The van der Waals surface area contributed by atoms with Gasteiger partial charge < -0.3 is 14.6 Å². The van der Waals surface area contributed by atoms with Crippen molar-refractivity contribution in [3.63, 3.8) is 0 Å². The molecule has 1 aliphatic rings. The molecule has 0 unspecified atom stereocenters. The Morgan fingerprint density at radius 3 is 2.64 bits per heavy atom. The summed E-state index contributed by atoms with van der Waals surface area (Å²) in [6.07, 6.45) is -2.66. The van der Waals surface area contributed by atoms with Crippen LogP contribution in [0.25, 0.3) is 11.0 Å². The number of benzene rings is 2. The second kappa shape index (κ2) is 7.71. The summed E-state index contributed by atoms with van der Waals surface area (Å²) in [5, 5.41) is 0. The average molecular weight is 390 g/mol. The molecule has 1 aliphatic heterocycles. The monoisotopic (exact) mass is 390 g/mol. The van der Waals surface area contributed by atoms with Gasteiger partial charge >= 0.3 is 6.18 Å². The molecule has 5 nitrogen and oxygen atoms in total. The number of ether oxygens (including phenoxy) is 1. The molecular formula is C20H21F3N4O. The minimum Gasteiger partial charge on any atom is -0.492 e. The molecule has 1 saturated heterocycles. The minimum absolute atomic E-state index is 0.559. The summed E-state index contributed by atoms with van der Waals surface area (Å²) in [5.41, 5.74) is 1.86. The zero-order valence-electron chi connectivity index (χ0n) is 15.2. The SMILES string of the molecule is FC(F)(F)c1cccc(N2CCN(CCOc3ccc4nc[nH]c4c3)CC2)c1. The first-order chi connectivity index (χ1) is 13.5. The van der Waals surface area contributed by atoms with E-state index in [9.17, 15) is 13.2 Å². The van der Waals surface area contributed by atoms with Crippen LogP contribution in [0.15, 0.2) is 48.8 Å². The first-order valence-electron chi connectivity index (χ1n) is 9.19. The number of halogens is 3. The van der Waals surface area contributed by atoms with E-state index in [1.54, 1.807) is 12.4 Å². The van der Waals surface area contributed by atoms with Crippen LogP contribution in [0, 0.1) is 0 Å². The average Bonchev–Trinajstić information content (AvgIpc) is 3.16. The number of hydrogen-bond acceptors (Lipinski definition) is 4. The van der Waals surface area contributed by atoms with Crippen LogP contribution < -0.4 is 9.64 Å². The lowest BCUT2D eigenvalue weighted by Crippen LogP contribution is -2.47. The summed E-state index contributed by atoms with van der Waals surface area (Å²) in [4.78, 5) is 11.5. The van der Waals surface area contributed by atoms with Gasteiger partial charge in [0.05, 0.1) is 22.9 Å². The molecule has 0 atom stereocenters. The standard InChI is InChI=1S/C20H21F3N4O/c21-20(22,23)15-2-1-3-16(12-15)27-8-6-26(7-9-27)10-11-28-17-4-5-18-19(13-17)25-14-24-18/h1-5,12-14H,6-11H2,(H,24,25). The highest BCUT2D eigenvalue weighted by molar-refractivity contribution is 5.75. The van der Waals surface area contributed by atoms with E-state index in [0.717, 1.165) is 42.5 Å². The first kappa shape index (κ1) is 18.6. The highest BCUT2D eigenvalue weighted by atomic mass is 19.4. The summed E-state index contributed by atoms with van der Waals surface area (Å²) < 4.78 is 44.5. The van der Waals surface area contributed by atoms with Gasteiger partial charge in [0.25, 0.3) is 0 Å². The summed E-state index contributed by atoms with van der Waals surface area (Å²) in [7, 11) is 0. The van der Waals surface area contributed by atoms with Gasteiger partial charge in [-0.25, -0.2) is 4.98 Å². The van der Waals surface area contributed by atoms with Crippen LogP contribution in [0.1, 0.15) is 5.56 Å². The number of nitrogens with one attached hydrogen (secondary N) is 1. The molecule has 148 valence electrons. The van der Waals surface area contributed by atoms with Crippen molar-refractivity contribution in [1.82, 2.24) is 14.9 Å². The van der Waals surface area contributed by atoms with Crippen LogP contribution in [-0.2, 0) is 6.18 Å². The highest BCUT2D eigenvalue weighted by Gasteiger charge is 2.31. The summed E-state index contributed by atoms with van der Waals surface area (Å²) in [5.74, 6) is 0.791. The van der Waals surface area contributed by atoms with Crippen LogP contribution in [0.5, 0.6) is 5.75 Å². The fourth-order valence-corrected chi connectivity index (χ4v) is 3.41. The third kappa shape index (κ3) is 4.22. The predicted molar refractivity (Wildman–Crippen MR) is 102 cm³/mol. The number of rotatable bonds is 5. The number of piperazine rings is 1. The van der Waals surface area contributed by atoms with Crippen molar-refractivity contribution in [3.05, 3.63) is 54.4 Å². The van der Waals surface area contributed by atoms with E-state index >= 15 is 0 Å². The second-order valence-electron chi connectivity index (χ2n) is 6.81. The van der Waals surface area contributed by atoms with Crippen molar-refractivity contribution in [3.8, 4) is 5.75 Å². The van der Waals surface area contributed by atoms with Gasteiger partial charge in [0.15, 0.2) is 0 Å². The molecular weight excluding hydrogens is 369 g/mol. The number of alkyl halides is 3. The topological polar surface area (TPSA) is 44.4 Å². The molecule has 0 spiro atoms. The van der Waals surface area contributed by atoms with Crippen LogP contribution in [0.2, 0.25) is 0 Å². The molecule has 0 bridgehead atoms. The summed E-state index contributed by atoms with van der Waals surface area (Å²) in [6, 6.07) is 11.3. The Kier molecular flexibility index (Phi) is 5.13. The van der Waals surface area contributed by atoms with Gasteiger partial charge in [0, 0.05) is 44.5 Å². The number of H-pyrrole nitrogens is 1. The van der Waals surface area contributed by atoms with Crippen molar-refractivity contribution >= 4 is 16.7 Å². The maximum atomic E-state index is 12.9. The van der Waals surface area contributed by atoms with Gasteiger partial charge in [-0.2, -0.15) is 13.2 Å². The Morgan fingerprint density at radius 2 is 1.86 bits per heavy atom. The lowest BCUT2D eigenvalue weighted by atomic mass is 10.1. The Hall–Kier alpha value is -2.74. The molecule has 2 heterocycles. The minimum atomic E-state index is -4.31. The molecule has 0 amide bonds. The Balaban J connectivity index is 1.26. The van der Waals surface area contributed by atoms with Crippen molar-refractivity contribution in [1.29, 1.82) is 0 Å². The van der Waals surface area contributed by atoms with E-state index in [4.69, 9.17) is 4.74 Å². The summed E-state index contributed by atoms with van der Waals surface area (Å²) >= 11 is 0. The first-order valence-corrected chi connectivity index (χ1v) is 9.19. The van der Waals surface area contributed by atoms with E-state index in [1.807, 2.05) is 23.1 Å². The van der Waals surface area contributed by atoms with E-state index in [2.05, 4.69) is 14.9 Å². The van der Waals surface area contributed by atoms with Crippen LogP contribution in [-0.4, -0.2) is 54.2 Å². The third-order valence-electron chi connectivity index (χ3n) is 4.98. The van der Waals surface area contributed by atoms with Gasteiger partial charge in [0.1, 0.15) is 12.4 Å². The number of fused-ring (bicyclic) bond motifs is 1. The van der Waals surface area contributed by atoms with E-state index < -0.39 is 11.7 Å². The molecule has 1 fully saturated rings. The molecule has 0 aliphatic carbocycles. The highest BCUT2D eigenvalue weighted by Crippen LogP contribution is 2.31. The van der Waals surface area contributed by atoms with Crippen molar-refractivity contribution in [2.75, 3.05) is 44.2 Å². The van der Waals surface area contributed by atoms with Gasteiger partial charge in [-0.15, -0.1) is 0 Å². The number of imidazole rings is 1. The quantitative estimate of drug-likeness (QED) is 0.720. The maximum Gasteiger partial charge on any atom is 0.416 e. The summed E-state index contributed by atoms with van der Waals surface area (Å²) in [6.45, 7) is 4.31. The van der Waals surface area contributed by atoms with E-state index in [-0.39, 0.29) is 0 Å². The van der Waals surface area contributed by atoms with Crippen molar-refractivity contribution in [2.45, 2.75) is 6.18 Å². The lowest BCUT2D eigenvalue weighted by molar-refractivity contribution is -0.137. The van der Waals surface area contributed by atoms with E-state index in [0.29, 0.717) is 25.4 Å². The molecule has 0 saturated carbocycles. The number of hydrogen-bond donors (Lipinski definition) is 1. The third-order valence-corrected chi connectivity index (χ3v) is 4.98. The lowest BCUT2D eigenvalue weighted by Gasteiger charge is -2.36. The van der Waals surface area contributed by atoms with Crippen molar-refractivity contribution in [2.24, 2.45) is 0 Å². The molecule has 2 aromatic carbocycles. The normalized spacial score (nSPS) is 15.9. The number of aromatic nitrogens is 2. The molecule has 1 aromatic heterocycles. The zero-order valence-corrected chi connectivity index (χ0v) is 15.2. The molecule has 8 heteroatoms. The Bertz CT molecular complexity index is 932. The largest absolute Gasteiger partial charge is 0.492 e. The molecule has 3 aromatic rings. The van der Waals surface area contributed by atoms with E-state index in [1.165, 1.54) is 12.1 Å². The fourth-order valence-electron chi connectivity index (χ4n) is 3.41. The van der Waals surface area contributed by atoms with Crippen LogP contribution >= 0.6 is 0 Å². The van der Waals surface area contributed by atoms with Gasteiger partial charge in [-0.1, -0.05) is 6.07 Å². The fraction of sp³-hybridized carbons (Fsp3) is 0.350. The zero-order chi connectivity index (χ0) is 19.6. The number of anilines is 1. The van der Waals surface area contributed by atoms with Gasteiger partial charge in [-0.3, -0.25) is 4.90 Å². The Morgan fingerprint density at radius 1 is 1.04 bits per heavy atom. The smallest absolute Gasteiger partial charge is 0.416 e. The molecule has 4 rings (SSSR count). The molecule has 0 radical (unpaired) electrons. The number of aromatic amines is 1. The van der Waals surface area contributed by atoms with Crippen LogP contribution in [0.4, 0.5) is 18.9 Å². The molecule has 1 N–H and O–H groups in total. The second-order valence-corrected chi connectivity index (χ2v) is 6.81. The van der Waals surface area contributed by atoms with Gasteiger partial charge in [0.2, 0.25) is 0 Å².